The molecule has 0 bridgehead atoms. The molecule has 2 aromatic carbocycles. The van der Waals surface area contributed by atoms with E-state index in [0.29, 0.717) is 16.5 Å². The highest BCUT2D eigenvalue weighted by Gasteiger charge is 2.13. The molecule has 0 aliphatic heterocycles. The van der Waals surface area contributed by atoms with Crippen LogP contribution in [-0.2, 0) is 0 Å². The van der Waals surface area contributed by atoms with Gasteiger partial charge in [0.15, 0.2) is 0 Å². The molecule has 2 aromatic rings. The summed E-state index contributed by atoms with van der Waals surface area (Å²) in [5, 5.41) is 15.3. The predicted octanol–water partition coefficient (Wildman–Crippen LogP) is 3.34. The van der Waals surface area contributed by atoms with Gasteiger partial charge in [-0.15, -0.1) is 0 Å². The Kier molecular flexibility index (Phi) is 5.78. The van der Waals surface area contributed by atoms with Crippen molar-refractivity contribution in [2.45, 2.75) is 6.10 Å². The number of nitrogens with one attached hydrogen (secondary N) is 2. The highest BCUT2D eigenvalue weighted by atomic mass is 35.5. The maximum absolute atomic E-state index is 13.5. The molecule has 2 amide bonds. The number of carbonyl (C=O) groups is 1. The lowest BCUT2D eigenvalue weighted by molar-refractivity contribution is 0.170. The van der Waals surface area contributed by atoms with E-state index in [0.717, 1.165) is 0 Å². The fourth-order valence-corrected chi connectivity index (χ4v) is 2.22. The van der Waals surface area contributed by atoms with Crippen molar-refractivity contribution in [1.29, 1.82) is 0 Å². The molecule has 0 unspecified atom stereocenters. The van der Waals surface area contributed by atoms with Crippen molar-refractivity contribution in [2.75, 3.05) is 19.0 Å². The molecular formula is C16H16ClFN2O3. The standard InChI is InChI=1S/C16H16ClFN2O3/c1-23-15-7-6-10(8-12(15)17)20-16(22)19-9-14(21)11-4-2-3-5-13(11)18/h2-8,14,21H,9H2,1H3,(H2,19,20,22)/t14-/m0/s1. The lowest BCUT2D eigenvalue weighted by Gasteiger charge is -2.14. The zero-order chi connectivity index (χ0) is 16.8. The van der Waals surface area contributed by atoms with Crippen LogP contribution in [0.3, 0.4) is 0 Å². The van der Waals surface area contributed by atoms with Crippen LogP contribution in [0.1, 0.15) is 11.7 Å². The second-order valence-electron chi connectivity index (χ2n) is 4.72. The summed E-state index contributed by atoms with van der Waals surface area (Å²) >= 11 is 5.96. The lowest BCUT2D eigenvalue weighted by Crippen LogP contribution is -2.32. The number of benzene rings is 2. The summed E-state index contributed by atoms with van der Waals surface area (Å²) < 4.78 is 18.5. The topological polar surface area (TPSA) is 70.6 Å². The van der Waals surface area contributed by atoms with Crippen LogP contribution < -0.4 is 15.4 Å². The monoisotopic (exact) mass is 338 g/mol. The summed E-state index contributed by atoms with van der Waals surface area (Å²) in [5.41, 5.74) is 0.592. The first-order chi connectivity index (χ1) is 11.0. The molecule has 5 nitrogen and oxygen atoms in total. The number of hydrogen-bond donors (Lipinski definition) is 3. The SMILES string of the molecule is COc1ccc(NC(=O)NC[C@H](O)c2ccccc2F)cc1Cl. The van der Waals surface area contributed by atoms with Crippen molar-refractivity contribution in [3.63, 3.8) is 0 Å². The Bertz CT molecular complexity index is 697. The number of anilines is 1. The first kappa shape index (κ1) is 17.1. The maximum atomic E-state index is 13.5. The van der Waals surface area contributed by atoms with E-state index >= 15 is 0 Å². The van der Waals surface area contributed by atoms with Crippen molar-refractivity contribution in [2.24, 2.45) is 0 Å². The summed E-state index contributed by atoms with van der Waals surface area (Å²) in [6, 6.07) is 10.1. The van der Waals surface area contributed by atoms with Crippen LogP contribution in [0.5, 0.6) is 5.75 Å². The molecule has 7 heteroatoms. The van der Waals surface area contributed by atoms with Gasteiger partial charge in [-0.3, -0.25) is 0 Å². The minimum absolute atomic E-state index is 0.125. The molecule has 0 saturated heterocycles. The molecule has 2 rings (SSSR count). The van der Waals surface area contributed by atoms with Crippen LogP contribution in [-0.4, -0.2) is 24.8 Å². The van der Waals surface area contributed by atoms with Gasteiger partial charge < -0.3 is 20.5 Å². The van der Waals surface area contributed by atoms with Gasteiger partial charge in [-0.25, -0.2) is 9.18 Å². The number of halogens is 2. The molecule has 0 heterocycles. The van der Waals surface area contributed by atoms with Gasteiger partial charge in [0.05, 0.1) is 18.2 Å². The summed E-state index contributed by atoms with van der Waals surface area (Å²) in [7, 11) is 1.49. The van der Waals surface area contributed by atoms with Gasteiger partial charge in [0.25, 0.3) is 0 Å². The number of rotatable bonds is 5. The Hall–Kier alpha value is -2.31. The zero-order valence-corrected chi connectivity index (χ0v) is 13.1. The van der Waals surface area contributed by atoms with E-state index in [-0.39, 0.29) is 12.1 Å². The number of hydrogen-bond acceptors (Lipinski definition) is 3. The van der Waals surface area contributed by atoms with Crippen molar-refractivity contribution < 1.29 is 19.0 Å². The minimum Gasteiger partial charge on any atom is -0.495 e. The Morgan fingerprint density at radius 1 is 1.35 bits per heavy atom. The molecule has 0 fully saturated rings. The first-order valence-electron chi connectivity index (χ1n) is 6.82. The third-order valence-electron chi connectivity index (χ3n) is 3.13. The van der Waals surface area contributed by atoms with Crippen molar-refractivity contribution in [3.8, 4) is 5.75 Å². The highest BCUT2D eigenvalue weighted by molar-refractivity contribution is 6.32. The van der Waals surface area contributed by atoms with E-state index in [9.17, 15) is 14.3 Å². The largest absolute Gasteiger partial charge is 0.495 e. The van der Waals surface area contributed by atoms with Gasteiger partial charge in [-0.2, -0.15) is 0 Å². The average Bonchev–Trinajstić information content (AvgIpc) is 2.53. The quantitative estimate of drug-likeness (QED) is 0.783. The highest BCUT2D eigenvalue weighted by Crippen LogP contribution is 2.27. The summed E-state index contributed by atoms with van der Waals surface area (Å²) in [5.74, 6) is -0.0308. The second kappa shape index (κ2) is 7.80. The van der Waals surface area contributed by atoms with Crippen LogP contribution in [0.25, 0.3) is 0 Å². The molecule has 1 atom stereocenters. The van der Waals surface area contributed by atoms with Crippen molar-refractivity contribution in [1.82, 2.24) is 5.32 Å². The molecular weight excluding hydrogens is 323 g/mol. The molecule has 3 N–H and O–H groups in total. The number of aliphatic hydroxyl groups is 1. The number of aliphatic hydroxyl groups excluding tert-OH is 1. The summed E-state index contributed by atoms with van der Waals surface area (Å²) in [6.45, 7) is -0.128. The van der Waals surface area contributed by atoms with Crippen LogP contribution in [0, 0.1) is 5.82 Å². The normalized spacial score (nSPS) is 11.7. The number of methoxy groups -OCH3 is 1. The van der Waals surface area contributed by atoms with Crippen molar-refractivity contribution >= 4 is 23.3 Å². The molecule has 0 aromatic heterocycles. The summed E-state index contributed by atoms with van der Waals surface area (Å²) in [4.78, 5) is 11.8. The van der Waals surface area contributed by atoms with Gasteiger partial charge >= 0.3 is 6.03 Å². The summed E-state index contributed by atoms with van der Waals surface area (Å²) in [6.07, 6.45) is -1.14. The molecule has 0 radical (unpaired) electrons. The Morgan fingerprint density at radius 2 is 2.09 bits per heavy atom. The number of urea groups is 1. The third-order valence-corrected chi connectivity index (χ3v) is 3.43. The second-order valence-corrected chi connectivity index (χ2v) is 5.13. The van der Waals surface area contributed by atoms with E-state index in [4.69, 9.17) is 16.3 Å². The molecule has 122 valence electrons. The lowest BCUT2D eigenvalue weighted by atomic mass is 10.1. The zero-order valence-electron chi connectivity index (χ0n) is 12.3. The maximum Gasteiger partial charge on any atom is 0.319 e. The third kappa shape index (κ3) is 4.58. The van der Waals surface area contributed by atoms with Gasteiger partial charge in [0.1, 0.15) is 11.6 Å². The van der Waals surface area contributed by atoms with Gasteiger partial charge in [0.2, 0.25) is 0 Å². The van der Waals surface area contributed by atoms with Crippen LogP contribution in [0.4, 0.5) is 14.9 Å². The number of amides is 2. The van der Waals surface area contributed by atoms with E-state index in [1.54, 1.807) is 18.2 Å². The number of ether oxygens (including phenoxy) is 1. The minimum atomic E-state index is -1.14. The molecule has 0 aliphatic carbocycles. The van der Waals surface area contributed by atoms with E-state index in [1.807, 2.05) is 0 Å². The smallest absolute Gasteiger partial charge is 0.319 e. The van der Waals surface area contributed by atoms with Crippen LogP contribution >= 0.6 is 11.6 Å². The van der Waals surface area contributed by atoms with Crippen LogP contribution in [0.15, 0.2) is 42.5 Å². The van der Waals surface area contributed by atoms with E-state index < -0.39 is 18.0 Å². The average molecular weight is 339 g/mol. The fourth-order valence-electron chi connectivity index (χ4n) is 1.96. The Labute approximate surface area is 138 Å². The number of carbonyl (C=O) groups excluding carboxylic acids is 1. The molecule has 0 spiro atoms. The van der Waals surface area contributed by atoms with Gasteiger partial charge in [-0.1, -0.05) is 29.8 Å². The van der Waals surface area contributed by atoms with E-state index in [2.05, 4.69) is 10.6 Å². The van der Waals surface area contributed by atoms with Crippen LogP contribution in [0.2, 0.25) is 5.02 Å². The Morgan fingerprint density at radius 3 is 2.74 bits per heavy atom. The first-order valence-corrected chi connectivity index (χ1v) is 7.20. The van der Waals surface area contributed by atoms with E-state index in [1.165, 1.54) is 31.4 Å². The molecule has 23 heavy (non-hydrogen) atoms. The molecule has 0 saturated carbocycles. The van der Waals surface area contributed by atoms with Gasteiger partial charge in [-0.05, 0) is 24.3 Å². The predicted molar refractivity (Wildman–Crippen MR) is 86.4 cm³/mol. The van der Waals surface area contributed by atoms with Gasteiger partial charge in [0, 0.05) is 17.8 Å². The van der Waals surface area contributed by atoms with Crippen molar-refractivity contribution in [3.05, 3.63) is 58.9 Å². The fraction of sp³-hybridized carbons (Fsp3) is 0.188. The molecule has 0 aliphatic rings. The Balaban J connectivity index is 1.90.